The maximum atomic E-state index is 10.8. The van der Waals surface area contributed by atoms with Crippen LogP contribution in [0, 0.1) is 21.8 Å². The lowest BCUT2D eigenvalue weighted by Crippen LogP contribution is -1.92. The Morgan fingerprint density at radius 3 is 2.75 bits per heavy atom. The summed E-state index contributed by atoms with van der Waals surface area (Å²) in [4.78, 5) is 16.1. The molecule has 6 heteroatoms. The summed E-state index contributed by atoms with van der Waals surface area (Å²) in [6.07, 6.45) is 1.69. The Bertz CT molecular complexity index is 600. The number of hydrogen-bond donors (Lipinski definition) is 2. The Kier molecular flexibility index (Phi) is 2.57. The zero-order valence-electron chi connectivity index (χ0n) is 8.48. The van der Waals surface area contributed by atoms with Gasteiger partial charge in [-0.3, -0.25) is 10.1 Å². The van der Waals surface area contributed by atoms with E-state index < -0.39 is 0 Å². The van der Waals surface area contributed by atoms with Gasteiger partial charge < -0.3 is 9.97 Å². The van der Waals surface area contributed by atoms with Gasteiger partial charge in [-0.2, -0.15) is 0 Å². The molecule has 0 unspecified atom stereocenters. The quantitative estimate of drug-likeness (QED) is 0.477. The molecule has 82 valence electrons. The second kappa shape index (κ2) is 3.90. The summed E-state index contributed by atoms with van der Waals surface area (Å²) in [5.74, 6) is 0. The van der Waals surface area contributed by atoms with E-state index in [9.17, 15) is 10.1 Å². The average Bonchev–Trinajstić information content (AvgIpc) is 2.65. The lowest BCUT2D eigenvalue weighted by atomic mass is 10.1. The van der Waals surface area contributed by atoms with Crippen LogP contribution in [0.5, 0.6) is 0 Å². The van der Waals surface area contributed by atoms with E-state index in [1.807, 2.05) is 6.07 Å². The van der Waals surface area contributed by atoms with Crippen molar-refractivity contribution in [3.05, 3.63) is 44.8 Å². The first-order chi connectivity index (χ1) is 7.58. The highest BCUT2D eigenvalue weighted by molar-refractivity contribution is 7.71. The molecule has 1 aromatic heterocycles. The zero-order chi connectivity index (χ0) is 11.7. The van der Waals surface area contributed by atoms with E-state index in [2.05, 4.69) is 9.97 Å². The van der Waals surface area contributed by atoms with Crippen LogP contribution >= 0.6 is 12.2 Å². The van der Waals surface area contributed by atoms with E-state index in [1.165, 1.54) is 6.07 Å². The minimum absolute atomic E-state index is 0.109. The first-order valence-electron chi connectivity index (χ1n) is 4.61. The van der Waals surface area contributed by atoms with E-state index in [-0.39, 0.29) is 10.6 Å². The molecule has 0 fully saturated rings. The Hall–Kier alpha value is -1.95. The Labute approximate surface area is 96.3 Å². The number of nitro groups is 1. The van der Waals surface area contributed by atoms with Crippen LogP contribution in [-0.2, 0) is 0 Å². The molecule has 1 aromatic carbocycles. The summed E-state index contributed by atoms with van der Waals surface area (Å²) in [7, 11) is 0. The Balaban J connectivity index is 2.55. The predicted molar refractivity (Wildman–Crippen MR) is 62.8 cm³/mol. The second-order valence-electron chi connectivity index (χ2n) is 3.41. The van der Waals surface area contributed by atoms with Crippen molar-refractivity contribution in [3.63, 3.8) is 0 Å². The van der Waals surface area contributed by atoms with Crippen LogP contribution in [0.2, 0.25) is 0 Å². The third-order valence-corrected chi connectivity index (χ3v) is 2.53. The molecule has 0 aliphatic carbocycles. The summed E-state index contributed by atoms with van der Waals surface area (Å²) >= 11 is 4.90. The summed E-state index contributed by atoms with van der Waals surface area (Å²) < 4.78 is 0.498. The maximum absolute atomic E-state index is 10.8. The summed E-state index contributed by atoms with van der Waals surface area (Å²) in [6, 6.07) is 5.07. The van der Waals surface area contributed by atoms with Crippen LogP contribution in [-0.4, -0.2) is 14.9 Å². The van der Waals surface area contributed by atoms with E-state index >= 15 is 0 Å². The van der Waals surface area contributed by atoms with Gasteiger partial charge in [-0.25, -0.2) is 0 Å². The van der Waals surface area contributed by atoms with Gasteiger partial charge in [0.15, 0.2) is 4.77 Å². The van der Waals surface area contributed by atoms with Crippen LogP contribution in [0.25, 0.3) is 11.3 Å². The van der Waals surface area contributed by atoms with Crippen molar-refractivity contribution in [1.29, 1.82) is 0 Å². The third-order valence-electron chi connectivity index (χ3n) is 2.31. The molecule has 16 heavy (non-hydrogen) atoms. The average molecular weight is 235 g/mol. The molecule has 0 spiro atoms. The second-order valence-corrected chi connectivity index (χ2v) is 3.82. The van der Waals surface area contributed by atoms with Gasteiger partial charge >= 0.3 is 0 Å². The van der Waals surface area contributed by atoms with Crippen molar-refractivity contribution in [2.45, 2.75) is 6.92 Å². The van der Waals surface area contributed by atoms with Crippen LogP contribution in [0.15, 0.2) is 24.4 Å². The smallest absolute Gasteiger partial charge is 0.272 e. The SMILES string of the molecule is Cc1ccc(-c2c[nH]c(=S)[nH]2)cc1[N+](=O)[O-]. The van der Waals surface area contributed by atoms with Gasteiger partial charge in [0.2, 0.25) is 0 Å². The zero-order valence-corrected chi connectivity index (χ0v) is 9.30. The third kappa shape index (κ3) is 1.87. The molecule has 0 saturated heterocycles. The lowest BCUT2D eigenvalue weighted by Gasteiger charge is -2.00. The van der Waals surface area contributed by atoms with E-state index in [4.69, 9.17) is 12.2 Å². The van der Waals surface area contributed by atoms with Gasteiger partial charge in [-0.15, -0.1) is 0 Å². The van der Waals surface area contributed by atoms with Gasteiger partial charge in [0, 0.05) is 23.4 Å². The number of H-pyrrole nitrogens is 2. The number of nitrogens with zero attached hydrogens (tertiary/aromatic N) is 1. The number of nitrogens with one attached hydrogen (secondary N) is 2. The van der Waals surface area contributed by atoms with E-state index in [0.717, 1.165) is 11.3 Å². The van der Waals surface area contributed by atoms with Crippen LogP contribution in [0.1, 0.15) is 5.56 Å². The summed E-state index contributed by atoms with van der Waals surface area (Å²) in [5.41, 5.74) is 2.23. The summed E-state index contributed by atoms with van der Waals surface area (Å²) in [6.45, 7) is 1.71. The normalized spacial score (nSPS) is 10.3. The number of aryl methyl sites for hydroxylation is 1. The molecule has 5 nitrogen and oxygen atoms in total. The molecule has 0 amide bonds. The van der Waals surface area contributed by atoms with Crippen molar-refractivity contribution in [2.24, 2.45) is 0 Å². The van der Waals surface area contributed by atoms with Gasteiger partial charge in [0.05, 0.1) is 10.6 Å². The van der Waals surface area contributed by atoms with Crippen molar-refractivity contribution in [3.8, 4) is 11.3 Å². The van der Waals surface area contributed by atoms with Crippen molar-refractivity contribution in [2.75, 3.05) is 0 Å². The highest BCUT2D eigenvalue weighted by Gasteiger charge is 2.12. The van der Waals surface area contributed by atoms with Crippen LogP contribution < -0.4 is 0 Å². The number of aromatic nitrogens is 2. The number of imidazole rings is 1. The number of aromatic amines is 2. The first-order valence-corrected chi connectivity index (χ1v) is 5.02. The number of hydrogen-bond acceptors (Lipinski definition) is 3. The molecule has 2 N–H and O–H groups in total. The van der Waals surface area contributed by atoms with Gasteiger partial charge in [0.1, 0.15) is 0 Å². The highest BCUT2D eigenvalue weighted by atomic mass is 32.1. The van der Waals surface area contributed by atoms with Crippen molar-refractivity contribution in [1.82, 2.24) is 9.97 Å². The van der Waals surface area contributed by atoms with E-state index in [1.54, 1.807) is 19.2 Å². The van der Waals surface area contributed by atoms with E-state index in [0.29, 0.717) is 10.3 Å². The number of nitro benzene ring substituents is 1. The fraction of sp³-hybridized carbons (Fsp3) is 0.100. The minimum Gasteiger partial charge on any atom is -0.337 e. The molecule has 0 saturated carbocycles. The monoisotopic (exact) mass is 235 g/mol. The largest absolute Gasteiger partial charge is 0.337 e. The minimum atomic E-state index is -0.389. The van der Waals surface area contributed by atoms with Crippen molar-refractivity contribution < 1.29 is 4.92 Å². The fourth-order valence-corrected chi connectivity index (χ4v) is 1.63. The molecule has 2 aromatic rings. The fourth-order valence-electron chi connectivity index (χ4n) is 1.46. The molecule has 0 aliphatic heterocycles. The predicted octanol–water partition coefficient (Wildman–Crippen LogP) is 2.96. The van der Waals surface area contributed by atoms with Gasteiger partial charge in [0.25, 0.3) is 5.69 Å². The number of rotatable bonds is 2. The van der Waals surface area contributed by atoms with Crippen LogP contribution in [0.3, 0.4) is 0 Å². The topological polar surface area (TPSA) is 74.7 Å². The maximum Gasteiger partial charge on any atom is 0.272 e. The molecular formula is C10H9N3O2S. The lowest BCUT2D eigenvalue weighted by molar-refractivity contribution is -0.385. The number of benzene rings is 1. The highest BCUT2D eigenvalue weighted by Crippen LogP contribution is 2.25. The molecule has 0 aliphatic rings. The van der Waals surface area contributed by atoms with Gasteiger partial charge in [-0.05, 0) is 19.1 Å². The van der Waals surface area contributed by atoms with Crippen LogP contribution in [0.4, 0.5) is 5.69 Å². The molecular weight excluding hydrogens is 226 g/mol. The van der Waals surface area contributed by atoms with Crippen molar-refractivity contribution >= 4 is 17.9 Å². The molecule has 0 radical (unpaired) electrons. The van der Waals surface area contributed by atoms with Gasteiger partial charge in [-0.1, -0.05) is 12.1 Å². The molecule has 0 bridgehead atoms. The molecule has 1 heterocycles. The molecule has 0 atom stereocenters. The Morgan fingerprint density at radius 1 is 1.44 bits per heavy atom. The first kappa shape index (κ1) is 10.6. The summed E-state index contributed by atoms with van der Waals surface area (Å²) in [5, 5.41) is 10.8. The Morgan fingerprint density at radius 2 is 2.19 bits per heavy atom. The standard InChI is InChI=1S/C10H9N3O2S/c1-6-2-3-7(4-9(6)13(14)15)8-5-11-10(16)12-8/h2-5H,1H3,(H2,11,12,16). The molecule has 2 rings (SSSR count).